The van der Waals surface area contributed by atoms with Gasteiger partial charge < -0.3 is 5.73 Å². The van der Waals surface area contributed by atoms with Gasteiger partial charge in [0.05, 0.1) is 10.9 Å². The van der Waals surface area contributed by atoms with E-state index in [9.17, 15) is 8.42 Å². The molecule has 0 fully saturated rings. The van der Waals surface area contributed by atoms with Crippen LogP contribution in [0.25, 0.3) is 0 Å². The van der Waals surface area contributed by atoms with E-state index >= 15 is 0 Å². The average Bonchev–Trinajstić information content (AvgIpc) is 2.31. The molecule has 0 amide bonds. The van der Waals surface area contributed by atoms with Crippen molar-refractivity contribution in [2.45, 2.75) is 44.6 Å². The number of amidine groups is 1. The third-order valence-corrected chi connectivity index (χ3v) is 4.50. The summed E-state index contributed by atoms with van der Waals surface area (Å²) in [6.45, 7) is 5.51. The predicted octanol–water partition coefficient (Wildman–Crippen LogP) is 1.69. The molecule has 6 heteroatoms. The van der Waals surface area contributed by atoms with E-state index in [1.807, 2.05) is 19.9 Å². The van der Waals surface area contributed by atoms with Crippen LogP contribution in [0.15, 0.2) is 23.1 Å². The number of rotatable bonds is 6. The van der Waals surface area contributed by atoms with Crippen LogP contribution in [0.2, 0.25) is 0 Å². The Balaban J connectivity index is 3.10. The van der Waals surface area contributed by atoms with Gasteiger partial charge in [0.1, 0.15) is 5.84 Å². The van der Waals surface area contributed by atoms with Gasteiger partial charge in [0.2, 0.25) is 10.0 Å². The fraction of sp³-hybridized carbons (Fsp3) is 0.462. The minimum atomic E-state index is -3.65. The lowest BCUT2D eigenvalue weighted by molar-refractivity contribution is 0.565. The number of nitrogens with one attached hydrogen (secondary N) is 2. The van der Waals surface area contributed by atoms with Gasteiger partial charge in [-0.1, -0.05) is 25.5 Å². The Hall–Kier alpha value is -1.40. The van der Waals surface area contributed by atoms with Crippen LogP contribution in [0.4, 0.5) is 0 Å². The number of aryl methyl sites for hydroxylation is 2. The normalized spacial score (nSPS) is 13.2. The fourth-order valence-electron chi connectivity index (χ4n) is 1.81. The van der Waals surface area contributed by atoms with E-state index in [0.717, 1.165) is 12.0 Å². The number of hydrogen-bond donors (Lipinski definition) is 3. The predicted molar refractivity (Wildman–Crippen MR) is 76.8 cm³/mol. The van der Waals surface area contributed by atoms with Crippen molar-refractivity contribution in [1.82, 2.24) is 4.72 Å². The van der Waals surface area contributed by atoms with E-state index in [0.29, 0.717) is 12.0 Å². The van der Waals surface area contributed by atoms with Gasteiger partial charge in [-0.3, -0.25) is 5.41 Å². The molecule has 5 nitrogen and oxygen atoms in total. The Morgan fingerprint density at radius 2 is 2.05 bits per heavy atom. The molecule has 0 radical (unpaired) electrons. The minimum absolute atomic E-state index is 0.157. The standard InChI is InChI=1S/C13H21N3O2S/c1-4-5-11(13(14)15)16-19(17,18)12-8-9(2)6-7-10(12)3/h6-8,11,16H,4-5H2,1-3H3,(H3,14,15). The molecule has 0 spiro atoms. The summed E-state index contributed by atoms with van der Waals surface area (Å²) in [7, 11) is -3.65. The molecule has 0 aliphatic heterocycles. The first kappa shape index (κ1) is 15.7. The third-order valence-electron chi connectivity index (χ3n) is 2.88. The maximum atomic E-state index is 12.3. The van der Waals surface area contributed by atoms with Crippen molar-refractivity contribution in [3.8, 4) is 0 Å². The highest BCUT2D eigenvalue weighted by molar-refractivity contribution is 7.89. The first-order chi connectivity index (χ1) is 8.77. The van der Waals surface area contributed by atoms with E-state index in [4.69, 9.17) is 11.1 Å². The molecule has 1 atom stereocenters. The highest BCUT2D eigenvalue weighted by Gasteiger charge is 2.23. The van der Waals surface area contributed by atoms with Crippen molar-refractivity contribution in [2.24, 2.45) is 5.73 Å². The monoisotopic (exact) mass is 283 g/mol. The third kappa shape index (κ3) is 4.04. The molecular weight excluding hydrogens is 262 g/mol. The molecule has 0 saturated carbocycles. The van der Waals surface area contributed by atoms with E-state index in [1.165, 1.54) is 0 Å². The van der Waals surface area contributed by atoms with E-state index in [2.05, 4.69) is 4.72 Å². The van der Waals surface area contributed by atoms with Crippen LogP contribution in [0.3, 0.4) is 0 Å². The second kappa shape index (κ2) is 6.16. The molecular formula is C13H21N3O2S. The highest BCUT2D eigenvalue weighted by atomic mass is 32.2. The largest absolute Gasteiger partial charge is 0.386 e. The molecule has 19 heavy (non-hydrogen) atoms. The first-order valence-corrected chi connectivity index (χ1v) is 7.69. The summed E-state index contributed by atoms with van der Waals surface area (Å²) in [6, 6.07) is 4.62. The second-order valence-electron chi connectivity index (χ2n) is 4.69. The Morgan fingerprint density at radius 3 is 2.58 bits per heavy atom. The molecule has 0 aliphatic rings. The molecule has 0 bridgehead atoms. The maximum absolute atomic E-state index is 12.3. The van der Waals surface area contributed by atoms with E-state index in [-0.39, 0.29) is 10.7 Å². The fourth-order valence-corrected chi connectivity index (χ4v) is 3.39. The molecule has 1 unspecified atom stereocenters. The zero-order valence-electron chi connectivity index (χ0n) is 11.5. The highest BCUT2D eigenvalue weighted by Crippen LogP contribution is 2.17. The van der Waals surface area contributed by atoms with Crippen LogP contribution in [-0.2, 0) is 10.0 Å². The van der Waals surface area contributed by atoms with Crippen molar-refractivity contribution in [3.63, 3.8) is 0 Å². The van der Waals surface area contributed by atoms with Gasteiger partial charge in [-0.25, -0.2) is 13.1 Å². The van der Waals surface area contributed by atoms with Crippen LogP contribution in [0, 0.1) is 19.3 Å². The van der Waals surface area contributed by atoms with Crippen LogP contribution in [-0.4, -0.2) is 20.3 Å². The lowest BCUT2D eigenvalue weighted by Gasteiger charge is -2.17. The molecule has 0 heterocycles. The zero-order chi connectivity index (χ0) is 14.6. The Morgan fingerprint density at radius 1 is 1.42 bits per heavy atom. The van der Waals surface area contributed by atoms with Crippen molar-refractivity contribution in [1.29, 1.82) is 5.41 Å². The van der Waals surface area contributed by atoms with Crippen molar-refractivity contribution in [2.75, 3.05) is 0 Å². The van der Waals surface area contributed by atoms with E-state index < -0.39 is 16.1 Å². The Kier molecular flexibility index (Phi) is 5.08. The van der Waals surface area contributed by atoms with Crippen molar-refractivity contribution >= 4 is 15.9 Å². The van der Waals surface area contributed by atoms with Crippen LogP contribution in [0.5, 0.6) is 0 Å². The van der Waals surface area contributed by atoms with Gasteiger partial charge in [-0.15, -0.1) is 0 Å². The summed E-state index contributed by atoms with van der Waals surface area (Å²) in [6.07, 6.45) is 1.26. The molecule has 1 rings (SSSR count). The van der Waals surface area contributed by atoms with Crippen LogP contribution in [0.1, 0.15) is 30.9 Å². The van der Waals surface area contributed by atoms with Gasteiger partial charge in [0.15, 0.2) is 0 Å². The molecule has 1 aromatic rings. The Bertz CT molecular complexity index is 567. The SMILES string of the molecule is CCCC(NS(=O)(=O)c1cc(C)ccc1C)C(=N)N. The van der Waals surface area contributed by atoms with Gasteiger partial charge >= 0.3 is 0 Å². The maximum Gasteiger partial charge on any atom is 0.241 e. The molecule has 106 valence electrons. The van der Waals surface area contributed by atoms with Gasteiger partial charge in [0.25, 0.3) is 0 Å². The zero-order valence-corrected chi connectivity index (χ0v) is 12.3. The summed E-state index contributed by atoms with van der Waals surface area (Å²) < 4.78 is 27.2. The Labute approximate surface area is 114 Å². The number of benzene rings is 1. The number of sulfonamides is 1. The van der Waals surface area contributed by atoms with Crippen molar-refractivity contribution in [3.05, 3.63) is 29.3 Å². The smallest absolute Gasteiger partial charge is 0.241 e. The summed E-state index contributed by atoms with van der Waals surface area (Å²) in [5.74, 6) is -0.157. The van der Waals surface area contributed by atoms with Gasteiger partial charge in [-0.05, 0) is 37.5 Å². The van der Waals surface area contributed by atoms with Gasteiger partial charge in [0, 0.05) is 0 Å². The van der Waals surface area contributed by atoms with E-state index in [1.54, 1.807) is 19.1 Å². The molecule has 4 N–H and O–H groups in total. The summed E-state index contributed by atoms with van der Waals surface area (Å²) >= 11 is 0. The molecule has 0 saturated heterocycles. The van der Waals surface area contributed by atoms with Crippen molar-refractivity contribution < 1.29 is 8.42 Å². The van der Waals surface area contributed by atoms with Crippen LogP contribution >= 0.6 is 0 Å². The summed E-state index contributed by atoms with van der Waals surface area (Å²) in [4.78, 5) is 0.245. The lowest BCUT2D eigenvalue weighted by atomic mass is 10.2. The number of nitrogens with two attached hydrogens (primary N) is 1. The minimum Gasteiger partial charge on any atom is -0.386 e. The summed E-state index contributed by atoms with van der Waals surface area (Å²) in [5, 5.41) is 7.44. The van der Waals surface area contributed by atoms with Gasteiger partial charge in [-0.2, -0.15) is 0 Å². The average molecular weight is 283 g/mol. The van der Waals surface area contributed by atoms with Crippen LogP contribution < -0.4 is 10.5 Å². The first-order valence-electron chi connectivity index (χ1n) is 6.21. The quantitative estimate of drug-likeness (QED) is 0.547. The summed E-state index contributed by atoms with van der Waals surface area (Å²) in [5.41, 5.74) is 6.99. The lowest BCUT2D eigenvalue weighted by Crippen LogP contribution is -2.44. The molecule has 1 aromatic carbocycles. The number of hydrogen-bond acceptors (Lipinski definition) is 3. The molecule has 0 aromatic heterocycles. The second-order valence-corrected chi connectivity index (χ2v) is 6.37. The topological polar surface area (TPSA) is 96.0 Å². The molecule has 0 aliphatic carbocycles.